The van der Waals surface area contributed by atoms with Crippen LogP contribution in [0.5, 0.6) is 0 Å². The van der Waals surface area contributed by atoms with E-state index in [-0.39, 0.29) is 16.9 Å². The van der Waals surface area contributed by atoms with Gasteiger partial charge in [-0.3, -0.25) is 14.7 Å². The highest BCUT2D eigenvalue weighted by Crippen LogP contribution is 2.23. The highest BCUT2D eigenvalue weighted by Gasteiger charge is 2.17. The molecule has 6 nitrogen and oxygen atoms in total. The smallest absolute Gasteiger partial charge is 0.237 e. The van der Waals surface area contributed by atoms with E-state index in [2.05, 4.69) is 20.5 Å². The van der Waals surface area contributed by atoms with Crippen molar-refractivity contribution < 1.29 is 9.59 Å². The first-order valence-electron chi connectivity index (χ1n) is 8.09. The zero-order valence-corrected chi connectivity index (χ0v) is 15.2. The van der Waals surface area contributed by atoms with Gasteiger partial charge in [0.05, 0.1) is 5.25 Å². The van der Waals surface area contributed by atoms with Gasteiger partial charge in [0.1, 0.15) is 0 Å². The van der Waals surface area contributed by atoms with Crippen LogP contribution in [0.3, 0.4) is 0 Å². The number of amides is 1. The number of nitrogens with one attached hydrogen (secondary N) is 2. The lowest BCUT2D eigenvalue weighted by Gasteiger charge is -2.10. The molecule has 1 amide bonds. The number of rotatable bonds is 6. The molecule has 132 valence electrons. The number of hydrogen-bond acceptors (Lipinski definition) is 5. The molecule has 7 heteroatoms. The quantitative estimate of drug-likeness (QED) is 0.512. The number of anilines is 1. The largest absolute Gasteiger partial charge is 0.325 e. The maximum absolute atomic E-state index is 12.3. The van der Waals surface area contributed by atoms with E-state index in [1.807, 2.05) is 30.3 Å². The molecule has 0 aliphatic heterocycles. The van der Waals surface area contributed by atoms with Gasteiger partial charge in [0.2, 0.25) is 11.1 Å². The summed E-state index contributed by atoms with van der Waals surface area (Å²) in [7, 11) is 0. The van der Waals surface area contributed by atoms with Gasteiger partial charge < -0.3 is 5.32 Å². The molecular weight excluding hydrogens is 348 g/mol. The van der Waals surface area contributed by atoms with Crippen molar-refractivity contribution in [2.45, 2.75) is 24.3 Å². The van der Waals surface area contributed by atoms with Gasteiger partial charge in [-0.2, -0.15) is 0 Å². The van der Waals surface area contributed by atoms with Crippen LogP contribution in [0.4, 0.5) is 5.69 Å². The summed E-state index contributed by atoms with van der Waals surface area (Å²) in [6.45, 7) is 3.30. The van der Waals surface area contributed by atoms with E-state index in [0.717, 1.165) is 5.56 Å². The summed E-state index contributed by atoms with van der Waals surface area (Å²) in [5.41, 5.74) is 2.20. The molecule has 3 rings (SSSR count). The summed E-state index contributed by atoms with van der Waals surface area (Å²) in [6.07, 6.45) is 0. The predicted octanol–water partition coefficient (Wildman–Crippen LogP) is 3.79. The molecule has 0 aliphatic carbocycles. The van der Waals surface area contributed by atoms with Crippen molar-refractivity contribution in [3.63, 3.8) is 0 Å². The molecule has 0 saturated carbocycles. The zero-order valence-electron chi connectivity index (χ0n) is 14.4. The number of nitrogens with zero attached hydrogens (tertiary/aromatic N) is 2. The third-order valence-electron chi connectivity index (χ3n) is 3.72. The Kier molecular flexibility index (Phi) is 5.48. The van der Waals surface area contributed by atoms with Crippen LogP contribution < -0.4 is 5.32 Å². The Bertz CT molecular complexity index is 907. The second-order valence-electron chi connectivity index (χ2n) is 5.72. The summed E-state index contributed by atoms with van der Waals surface area (Å²) in [6, 6.07) is 16.5. The van der Waals surface area contributed by atoms with Gasteiger partial charge in [-0.15, -0.1) is 5.10 Å². The van der Waals surface area contributed by atoms with Crippen molar-refractivity contribution in [1.82, 2.24) is 15.2 Å². The van der Waals surface area contributed by atoms with Gasteiger partial charge >= 0.3 is 0 Å². The number of benzene rings is 2. The molecule has 0 fully saturated rings. The lowest BCUT2D eigenvalue weighted by Crippen LogP contribution is -2.22. The number of hydrogen-bond donors (Lipinski definition) is 2. The van der Waals surface area contributed by atoms with Crippen molar-refractivity contribution >= 4 is 29.1 Å². The van der Waals surface area contributed by atoms with Crippen molar-refractivity contribution in [3.8, 4) is 11.4 Å². The van der Waals surface area contributed by atoms with Crippen molar-refractivity contribution in [1.29, 1.82) is 0 Å². The fourth-order valence-corrected chi connectivity index (χ4v) is 2.99. The van der Waals surface area contributed by atoms with Crippen LogP contribution in [-0.4, -0.2) is 32.1 Å². The predicted molar refractivity (Wildman–Crippen MR) is 102 cm³/mol. The second kappa shape index (κ2) is 7.97. The molecule has 2 aromatic carbocycles. The average Bonchev–Trinajstić information content (AvgIpc) is 3.11. The Labute approximate surface area is 155 Å². The van der Waals surface area contributed by atoms with Crippen LogP contribution in [0.15, 0.2) is 59.8 Å². The van der Waals surface area contributed by atoms with Gasteiger partial charge in [-0.05, 0) is 38.1 Å². The molecule has 2 N–H and O–H groups in total. The molecule has 0 spiro atoms. The fraction of sp³-hybridized carbons (Fsp3) is 0.158. The maximum Gasteiger partial charge on any atom is 0.237 e. The highest BCUT2D eigenvalue weighted by molar-refractivity contribution is 8.00. The van der Waals surface area contributed by atoms with Gasteiger partial charge in [-0.25, -0.2) is 4.98 Å². The number of aromatic nitrogens is 3. The van der Waals surface area contributed by atoms with Gasteiger partial charge in [-0.1, -0.05) is 42.1 Å². The van der Waals surface area contributed by atoms with Crippen LogP contribution >= 0.6 is 11.8 Å². The molecule has 26 heavy (non-hydrogen) atoms. The lowest BCUT2D eigenvalue weighted by atomic mass is 10.1. The first-order valence-corrected chi connectivity index (χ1v) is 8.97. The molecule has 1 atom stereocenters. The third-order valence-corrected chi connectivity index (χ3v) is 4.68. The summed E-state index contributed by atoms with van der Waals surface area (Å²) in [5.74, 6) is 0.503. The van der Waals surface area contributed by atoms with Crippen molar-refractivity contribution in [2.75, 3.05) is 5.32 Å². The summed E-state index contributed by atoms with van der Waals surface area (Å²) in [4.78, 5) is 28.1. The average molecular weight is 366 g/mol. The monoisotopic (exact) mass is 366 g/mol. The number of carbonyl (C=O) groups is 2. The minimum Gasteiger partial charge on any atom is -0.325 e. The van der Waals surface area contributed by atoms with Crippen LogP contribution in [0.1, 0.15) is 24.2 Å². The van der Waals surface area contributed by atoms with E-state index in [0.29, 0.717) is 22.2 Å². The van der Waals surface area contributed by atoms with Crippen LogP contribution in [-0.2, 0) is 4.79 Å². The number of Topliss-reactive ketones (excluding diaryl/α,β-unsaturated/α-hetero) is 1. The zero-order chi connectivity index (χ0) is 18.5. The van der Waals surface area contributed by atoms with Crippen LogP contribution in [0, 0.1) is 0 Å². The third kappa shape index (κ3) is 4.37. The van der Waals surface area contributed by atoms with E-state index < -0.39 is 0 Å². The molecule has 0 radical (unpaired) electrons. The number of H-pyrrole nitrogens is 1. The molecule has 1 heterocycles. The molecule has 3 aromatic rings. The first-order chi connectivity index (χ1) is 12.5. The Balaban J connectivity index is 1.61. The Morgan fingerprint density at radius 3 is 2.42 bits per heavy atom. The van der Waals surface area contributed by atoms with Gasteiger partial charge in [0.25, 0.3) is 0 Å². The van der Waals surface area contributed by atoms with E-state index in [9.17, 15) is 9.59 Å². The fourth-order valence-electron chi connectivity index (χ4n) is 2.27. The Morgan fingerprint density at radius 2 is 1.77 bits per heavy atom. The number of thioether (sulfide) groups is 1. The standard InChI is InChI=1S/C19H18N4O2S/c1-12(24)14-8-10-16(11-9-14)20-18(25)13(2)26-19-21-17(22-23-19)15-6-4-3-5-7-15/h3-11,13H,1-2H3,(H,20,25)(H,21,22,23). The van der Waals surface area contributed by atoms with E-state index in [1.165, 1.54) is 18.7 Å². The Morgan fingerprint density at radius 1 is 1.08 bits per heavy atom. The van der Waals surface area contributed by atoms with Crippen molar-refractivity contribution in [3.05, 3.63) is 60.2 Å². The van der Waals surface area contributed by atoms with Crippen molar-refractivity contribution in [2.24, 2.45) is 0 Å². The SMILES string of the molecule is CC(=O)c1ccc(NC(=O)C(C)Sc2n[nH]c(-c3ccccc3)n2)cc1. The minimum atomic E-state index is -0.373. The second-order valence-corrected chi connectivity index (χ2v) is 7.02. The summed E-state index contributed by atoms with van der Waals surface area (Å²) >= 11 is 1.27. The van der Waals surface area contributed by atoms with E-state index in [1.54, 1.807) is 31.2 Å². The minimum absolute atomic E-state index is 0.00868. The van der Waals surface area contributed by atoms with E-state index in [4.69, 9.17) is 0 Å². The number of aromatic amines is 1. The summed E-state index contributed by atoms with van der Waals surface area (Å²) in [5, 5.41) is 10.0. The van der Waals surface area contributed by atoms with E-state index >= 15 is 0 Å². The Hall–Kier alpha value is -2.93. The molecule has 0 saturated heterocycles. The van der Waals surface area contributed by atoms with Crippen LogP contribution in [0.2, 0.25) is 0 Å². The molecule has 0 bridgehead atoms. The van der Waals surface area contributed by atoms with Gasteiger partial charge in [0.15, 0.2) is 11.6 Å². The number of carbonyl (C=O) groups excluding carboxylic acids is 2. The maximum atomic E-state index is 12.3. The lowest BCUT2D eigenvalue weighted by molar-refractivity contribution is -0.115. The molecule has 1 unspecified atom stereocenters. The first kappa shape index (κ1) is 17.9. The molecule has 1 aromatic heterocycles. The van der Waals surface area contributed by atoms with Crippen LogP contribution in [0.25, 0.3) is 11.4 Å². The topological polar surface area (TPSA) is 87.7 Å². The molecular formula is C19H18N4O2S. The normalized spacial score (nSPS) is 11.8. The number of ketones is 1. The molecule has 0 aliphatic rings. The summed E-state index contributed by atoms with van der Waals surface area (Å²) < 4.78 is 0. The highest BCUT2D eigenvalue weighted by atomic mass is 32.2. The van der Waals surface area contributed by atoms with Gasteiger partial charge in [0, 0.05) is 16.8 Å².